The summed E-state index contributed by atoms with van der Waals surface area (Å²) in [7, 11) is 1.57. The molecule has 0 aromatic heterocycles. The van der Waals surface area contributed by atoms with E-state index in [0.717, 1.165) is 6.08 Å². The summed E-state index contributed by atoms with van der Waals surface area (Å²) in [5, 5.41) is 0. The third kappa shape index (κ3) is 4.56. The highest BCUT2D eigenvalue weighted by atomic mass is 16.6. The standard InChI is InChI=1S/C8H14O3/c1-5-7(9)11-6-8(2,3)10-4/h5H,1,6H2,2-4H3. The molecule has 0 bridgehead atoms. The first-order valence-electron chi connectivity index (χ1n) is 3.36. The molecule has 0 rings (SSSR count). The van der Waals surface area contributed by atoms with Gasteiger partial charge < -0.3 is 9.47 Å². The van der Waals surface area contributed by atoms with Crippen LogP contribution >= 0.6 is 0 Å². The average Bonchev–Trinajstić information content (AvgIpc) is 2.00. The van der Waals surface area contributed by atoms with Crippen molar-refractivity contribution >= 4 is 5.97 Å². The first-order chi connectivity index (χ1) is 5.02. The van der Waals surface area contributed by atoms with Gasteiger partial charge in [0.1, 0.15) is 6.61 Å². The van der Waals surface area contributed by atoms with Crippen molar-refractivity contribution in [2.24, 2.45) is 0 Å². The Morgan fingerprint density at radius 2 is 2.18 bits per heavy atom. The lowest BCUT2D eigenvalue weighted by Gasteiger charge is -2.21. The monoisotopic (exact) mass is 158 g/mol. The van der Waals surface area contributed by atoms with E-state index in [4.69, 9.17) is 9.47 Å². The van der Waals surface area contributed by atoms with Crippen molar-refractivity contribution < 1.29 is 14.3 Å². The van der Waals surface area contributed by atoms with Crippen molar-refractivity contribution in [3.05, 3.63) is 12.7 Å². The summed E-state index contributed by atoms with van der Waals surface area (Å²) in [5.74, 6) is -0.421. The third-order valence-corrected chi connectivity index (χ3v) is 1.28. The van der Waals surface area contributed by atoms with Gasteiger partial charge in [0, 0.05) is 13.2 Å². The Hall–Kier alpha value is -0.830. The van der Waals surface area contributed by atoms with E-state index in [1.54, 1.807) is 7.11 Å². The van der Waals surface area contributed by atoms with E-state index in [2.05, 4.69) is 6.58 Å². The first-order valence-corrected chi connectivity index (χ1v) is 3.36. The zero-order valence-electron chi connectivity index (χ0n) is 7.22. The highest BCUT2D eigenvalue weighted by Crippen LogP contribution is 2.07. The Morgan fingerprint density at radius 3 is 2.55 bits per heavy atom. The molecule has 0 unspecified atom stereocenters. The Labute approximate surface area is 67.0 Å². The summed E-state index contributed by atoms with van der Waals surface area (Å²) < 4.78 is 9.79. The molecule has 0 aliphatic heterocycles. The van der Waals surface area contributed by atoms with E-state index in [0.29, 0.717) is 0 Å². The Balaban J connectivity index is 3.69. The maximum atomic E-state index is 10.6. The van der Waals surface area contributed by atoms with Crippen LogP contribution in [-0.2, 0) is 14.3 Å². The largest absolute Gasteiger partial charge is 0.459 e. The van der Waals surface area contributed by atoms with Gasteiger partial charge in [0.25, 0.3) is 0 Å². The number of hydrogen-bond donors (Lipinski definition) is 0. The highest BCUT2D eigenvalue weighted by Gasteiger charge is 2.17. The number of carbonyl (C=O) groups is 1. The quantitative estimate of drug-likeness (QED) is 0.454. The van der Waals surface area contributed by atoms with Gasteiger partial charge in [0.05, 0.1) is 5.60 Å². The second kappa shape index (κ2) is 4.13. The zero-order valence-corrected chi connectivity index (χ0v) is 7.22. The summed E-state index contributed by atoms with van der Waals surface area (Å²) in [6, 6.07) is 0. The fraction of sp³-hybridized carbons (Fsp3) is 0.625. The molecule has 3 heteroatoms. The van der Waals surface area contributed by atoms with Crippen LogP contribution < -0.4 is 0 Å². The molecule has 0 spiro atoms. The van der Waals surface area contributed by atoms with Gasteiger partial charge in [-0.15, -0.1) is 0 Å². The van der Waals surface area contributed by atoms with E-state index in [1.165, 1.54) is 0 Å². The molecule has 0 aliphatic rings. The molecule has 0 radical (unpaired) electrons. The second-order valence-electron chi connectivity index (χ2n) is 2.78. The SMILES string of the molecule is C=CC(=O)OCC(C)(C)OC. The molecule has 0 aromatic rings. The van der Waals surface area contributed by atoms with Gasteiger partial charge in [-0.2, -0.15) is 0 Å². The fourth-order valence-corrected chi connectivity index (χ4v) is 0.363. The molecule has 0 saturated heterocycles. The van der Waals surface area contributed by atoms with Gasteiger partial charge in [0.15, 0.2) is 0 Å². The zero-order chi connectivity index (χ0) is 8.91. The molecule has 0 saturated carbocycles. The first kappa shape index (κ1) is 10.2. The van der Waals surface area contributed by atoms with Crippen LogP contribution in [0.3, 0.4) is 0 Å². The van der Waals surface area contributed by atoms with E-state index in [1.807, 2.05) is 13.8 Å². The van der Waals surface area contributed by atoms with E-state index in [-0.39, 0.29) is 6.61 Å². The third-order valence-electron chi connectivity index (χ3n) is 1.28. The van der Waals surface area contributed by atoms with Gasteiger partial charge in [-0.05, 0) is 13.8 Å². The molecule has 0 atom stereocenters. The predicted molar refractivity (Wildman–Crippen MR) is 42.2 cm³/mol. The number of ether oxygens (including phenoxy) is 2. The highest BCUT2D eigenvalue weighted by molar-refractivity contribution is 5.81. The van der Waals surface area contributed by atoms with Crippen LogP contribution in [0, 0.1) is 0 Å². The van der Waals surface area contributed by atoms with Crippen molar-refractivity contribution in [2.45, 2.75) is 19.4 Å². The van der Waals surface area contributed by atoms with Crippen molar-refractivity contribution in [3.63, 3.8) is 0 Å². The van der Waals surface area contributed by atoms with Crippen LogP contribution in [0.1, 0.15) is 13.8 Å². The molecular weight excluding hydrogens is 144 g/mol. The van der Waals surface area contributed by atoms with Crippen molar-refractivity contribution in [1.29, 1.82) is 0 Å². The Kier molecular flexibility index (Phi) is 3.82. The van der Waals surface area contributed by atoms with Crippen molar-refractivity contribution in [3.8, 4) is 0 Å². The molecular formula is C8H14O3. The fourth-order valence-electron chi connectivity index (χ4n) is 0.363. The lowest BCUT2D eigenvalue weighted by molar-refractivity contribution is -0.145. The predicted octanol–water partition coefficient (Wildman–Crippen LogP) is 1.14. The Bertz CT molecular complexity index is 149. The van der Waals surface area contributed by atoms with Gasteiger partial charge >= 0.3 is 5.97 Å². The van der Waals surface area contributed by atoms with Gasteiger partial charge in [-0.1, -0.05) is 6.58 Å². The number of esters is 1. The lowest BCUT2D eigenvalue weighted by atomic mass is 10.1. The van der Waals surface area contributed by atoms with Crippen LogP contribution in [0.2, 0.25) is 0 Å². The number of carbonyl (C=O) groups excluding carboxylic acids is 1. The second-order valence-corrected chi connectivity index (χ2v) is 2.78. The molecule has 0 heterocycles. The van der Waals surface area contributed by atoms with Crippen LogP contribution in [-0.4, -0.2) is 25.3 Å². The molecule has 3 nitrogen and oxygen atoms in total. The summed E-state index contributed by atoms with van der Waals surface area (Å²) in [6.07, 6.45) is 1.13. The molecule has 64 valence electrons. The molecule has 0 fully saturated rings. The molecule has 0 aromatic carbocycles. The summed E-state index contributed by atoms with van der Waals surface area (Å²) in [4.78, 5) is 10.6. The molecule has 0 aliphatic carbocycles. The molecule has 0 amide bonds. The minimum Gasteiger partial charge on any atom is -0.459 e. The maximum Gasteiger partial charge on any atom is 0.330 e. The number of hydrogen-bond acceptors (Lipinski definition) is 3. The van der Waals surface area contributed by atoms with Gasteiger partial charge in [-0.25, -0.2) is 4.79 Å². The smallest absolute Gasteiger partial charge is 0.330 e. The van der Waals surface area contributed by atoms with Crippen LogP contribution in [0.15, 0.2) is 12.7 Å². The summed E-state index contributed by atoms with van der Waals surface area (Å²) in [6.45, 7) is 7.19. The molecule has 11 heavy (non-hydrogen) atoms. The van der Waals surface area contributed by atoms with E-state index < -0.39 is 11.6 Å². The summed E-state index contributed by atoms with van der Waals surface area (Å²) in [5.41, 5.74) is -0.418. The van der Waals surface area contributed by atoms with E-state index >= 15 is 0 Å². The average molecular weight is 158 g/mol. The normalized spacial score (nSPS) is 10.8. The minimum atomic E-state index is -0.421. The topological polar surface area (TPSA) is 35.5 Å². The van der Waals surface area contributed by atoms with Gasteiger partial charge in [0.2, 0.25) is 0 Å². The lowest BCUT2D eigenvalue weighted by Crippen LogP contribution is -2.30. The number of methoxy groups -OCH3 is 1. The summed E-state index contributed by atoms with van der Waals surface area (Å²) >= 11 is 0. The van der Waals surface area contributed by atoms with Crippen molar-refractivity contribution in [1.82, 2.24) is 0 Å². The van der Waals surface area contributed by atoms with Crippen LogP contribution in [0.4, 0.5) is 0 Å². The van der Waals surface area contributed by atoms with Crippen molar-refractivity contribution in [2.75, 3.05) is 13.7 Å². The Morgan fingerprint density at radius 1 is 1.64 bits per heavy atom. The molecule has 0 N–H and O–H groups in total. The minimum absolute atomic E-state index is 0.244. The number of rotatable bonds is 4. The maximum absolute atomic E-state index is 10.6. The van der Waals surface area contributed by atoms with Crippen LogP contribution in [0.5, 0.6) is 0 Å². The van der Waals surface area contributed by atoms with E-state index in [9.17, 15) is 4.79 Å². The van der Waals surface area contributed by atoms with Gasteiger partial charge in [-0.3, -0.25) is 0 Å². The van der Waals surface area contributed by atoms with Crippen LogP contribution in [0.25, 0.3) is 0 Å².